The summed E-state index contributed by atoms with van der Waals surface area (Å²) in [5, 5.41) is 3.08. The first-order chi connectivity index (χ1) is 8.99. The Kier molecular flexibility index (Phi) is 5.43. The fourth-order valence-electron chi connectivity index (χ4n) is 3.11. The minimum Gasteiger partial charge on any atom is -0.370 e. The van der Waals surface area contributed by atoms with Crippen LogP contribution in [0.1, 0.15) is 44.9 Å². The summed E-state index contributed by atoms with van der Waals surface area (Å²) in [5.74, 6) is 0.0708. The molecule has 0 aromatic heterocycles. The number of alkyl halides is 3. The lowest BCUT2D eigenvalue weighted by Gasteiger charge is -2.33. The second-order valence-corrected chi connectivity index (χ2v) is 6.68. The van der Waals surface area contributed by atoms with Gasteiger partial charge in [-0.1, -0.05) is 19.3 Å². The van der Waals surface area contributed by atoms with Crippen molar-refractivity contribution in [1.29, 1.82) is 0 Å². The highest BCUT2D eigenvalue weighted by molar-refractivity contribution is 8.00. The van der Waals surface area contributed by atoms with E-state index in [9.17, 15) is 13.2 Å². The van der Waals surface area contributed by atoms with E-state index in [1.54, 1.807) is 0 Å². The van der Waals surface area contributed by atoms with Crippen molar-refractivity contribution < 1.29 is 17.9 Å². The third-order valence-corrected chi connectivity index (χ3v) is 4.76. The summed E-state index contributed by atoms with van der Waals surface area (Å²) in [6.45, 7) is 1.07. The highest BCUT2D eigenvalue weighted by Gasteiger charge is 2.40. The normalized spacial score (nSPS) is 27.0. The van der Waals surface area contributed by atoms with Gasteiger partial charge in [0.05, 0.1) is 11.7 Å². The molecule has 1 saturated heterocycles. The Bertz CT molecular complexity index is 280. The summed E-state index contributed by atoms with van der Waals surface area (Å²) < 4.78 is 41.9. The Morgan fingerprint density at radius 1 is 1.16 bits per heavy atom. The Morgan fingerprint density at radius 3 is 2.58 bits per heavy atom. The Balaban J connectivity index is 1.58. The van der Waals surface area contributed by atoms with E-state index in [1.807, 2.05) is 0 Å². The quantitative estimate of drug-likeness (QED) is 0.782. The summed E-state index contributed by atoms with van der Waals surface area (Å²) in [7, 11) is 0. The minimum absolute atomic E-state index is 0.0343. The van der Waals surface area contributed by atoms with Crippen LogP contribution >= 0.6 is 11.8 Å². The van der Waals surface area contributed by atoms with Crippen molar-refractivity contribution in [2.75, 3.05) is 18.8 Å². The molecule has 0 aromatic carbocycles. The van der Waals surface area contributed by atoms with Gasteiger partial charge in [-0.2, -0.15) is 13.2 Å². The van der Waals surface area contributed by atoms with Crippen LogP contribution in [0.2, 0.25) is 0 Å². The zero-order valence-electron chi connectivity index (χ0n) is 11.1. The molecule has 0 bridgehead atoms. The van der Waals surface area contributed by atoms with Crippen LogP contribution in [-0.2, 0) is 4.74 Å². The van der Waals surface area contributed by atoms with Gasteiger partial charge in [-0.3, -0.25) is 0 Å². The second-order valence-electron chi connectivity index (χ2n) is 5.52. The van der Waals surface area contributed by atoms with E-state index < -0.39 is 5.51 Å². The Hall–Kier alpha value is 0.0600. The van der Waals surface area contributed by atoms with Crippen molar-refractivity contribution in [3.05, 3.63) is 0 Å². The summed E-state index contributed by atoms with van der Waals surface area (Å²) >= 11 is 0.0343. The summed E-state index contributed by atoms with van der Waals surface area (Å²) in [6, 6.07) is 0. The van der Waals surface area contributed by atoms with E-state index in [1.165, 1.54) is 19.3 Å². The Morgan fingerprint density at radius 2 is 1.89 bits per heavy atom. The second kappa shape index (κ2) is 6.68. The number of hydrogen-bond acceptors (Lipinski definition) is 3. The summed E-state index contributed by atoms with van der Waals surface area (Å²) in [5.41, 5.74) is -4.01. The first-order valence-electron chi connectivity index (χ1n) is 7.08. The molecule has 2 fully saturated rings. The highest BCUT2D eigenvalue weighted by atomic mass is 32.2. The van der Waals surface area contributed by atoms with Crippen molar-refractivity contribution in [3.8, 4) is 0 Å². The van der Waals surface area contributed by atoms with Crippen LogP contribution in [0.5, 0.6) is 0 Å². The van der Waals surface area contributed by atoms with Gasteiger partial charge in [0.15, 0.2) is 0 Å². The zero-order valence-corrected chi connectivity index (χ0v) is 11.9. The number of halogens is 3. The van der Waals surface area contributed by atoms with E-state index in [-0.39, 0.29) is 29.2 Å². The van der Waals surface area contributed by atoms with E-state index >= 15 is 0 Å². The number of hydrogen-bond donors (Lipinski definition) is 1. The van der Waals surface area contributed by atoms with Crippen LogP contribution < -0.4 is 5.32 Å². The van der Waals surface area contributed by atoms with E-state index in [4.69, 9.17) is 4.74 Å². The molecule has 1 unspecified atom stereocenters. The molecule has 1 N–H and O–H groups in total. The maximum atomic E-state index is 11.9. The van der Waals surface area contributed by atoms with Gasteiger partial charge in [-0.15, -0.1) is 0 Å². The number of rotatable bonds is 5. The van der Waals surface area contributed by atoms with Crippen LogP contribution in [0.3, 0.4) is 0 Å². The van der Waals surface area contributed by atoms with Gasteiger partial charge in [-0.25, -0.2) is 0 Å². The standard InChI is InChI=1S/C13H22F3NOS/c14-13(15,16)19-9-8-17-10-11-4-7-12(18-11)5-2-1-3-6-12/h11,17H,1-10H2. The lowest BCUT2D eigenvalue weighted by Crippen LogP contribution is -2.35. The lowest BCUT2D eigenvalue weighted by atomic mass is 9.83. The summed E-state index contributed by atoms with van der Waals surface area (Å²) in [4.78, 5) is 0. The fourth-order valence-corrected chi connectivity index (χ4v) is 3.58. The minimum atomic E-state index is -4.11. The molecule has 2 aliphatic rings. The largest absolute Gasteiger partial charge is 0.441 e. The van der Waals surface area contributed by atoms with E-state index in [2.05, 4.69) is 5.32 Å². The molecule has 19 heavy (non-hydrogen) atoms. The van der Waals surface area contributed by atoms with Gasteiger partial charge < -0.3 is 10.1 Å². The molecular weight excluding hydrogens is 275 g/mol. The molecule has 1 aliphatic carbocycles. The molecule has 1 atom stereocenters. The molecule has 0 amide bonds. The molecule has 1 aliphatic heterocycles. The molecule has 112 valence electrons. The Labute approximate surface area is 116 Å². The fraction of sp³-hybridized carbons (Fsp3) is 1.00. The first-order valence-corrected chi connectivity index (χ1v) is 8.07. The SMILES string of the molecule is FC(F)(F)SCCNCC1CCC2(CCCCC2)O1. The molecule has 2 nitrogen and oxygen atoms in total. The average Bonchev–Trinajstić information content (AvgIpc) is 2.71. The maximum Gasteiger partial charge on any atom is 0.441 e. The van der Waals surface area contributed by atoms with Crippen molar-refractivity contribution in [2.24, 2.45) is 0 Å². The predicted octanol–water partition coefficient (Wildman–Crippen LogP) is 3.71. The third kappa shape index (κ3) is 5.16. The maximum absolute atomic E-state index is 11.9. The van der Waals surface area contributed by atoms with Crippen molar-refractivity contribution in [3.63, 3.8) is 0 Å². The van der Waals surface area contributed by atoms with Crippen LogP contribution in [0.4, 0.5) is 13.2 Å². The number of thioether (sulfide) groups is 1. The number of nitrogens with one attached hydrogen (secondary N) is 1. The zero-order chi connectivity index (χ0) is 13.8. The number of ether oxygens (including phenoxy) is 1. The van der Waals surface area contributed by atoms with Crippen LogP contribution in [0.15, 0.2) is 0 Å². The first kappa shape index (κ1) is 15.4. The molecule has 0 aromatic rings. The van der Waals surface area contributed by atoms with Gasteiger partial charge >= 0.3 is 5.51 Å². The van der Waals surface area contributed by atoms with Crippen molar-refractivity contribution >= 4 is 11.8 Å². The smallest absolute Gasteiger partial charge is 0.370 e. The lowest BCUT2D eigenvalue weighted by molar-refractivity contribution is -0.0621. The van der Waals surface area contributed by atoms with E-state index in [0.29, 0.717) is 13.1 Å². The highest BCUT2D eigenvalue weighted by Crippen LogP contribution is 2.41. The molecular formula is C13H22F3NOS. The molecule has 0 radical (unpaired) electrons. The molecule has 2 rings (SSSR count). The van der Waals surface area contributed by atoms with Gasteiger partial charge in [0.1, 0.15) is 0 Å². The van der Waals surface area contributed by atoms with Crippen molar-refractivity contribution in [1.82, 2.24) is 5.32 Å². The van der Waals surface area contributed by atoms with Crippen LogP contribution in [0.25, 0.3) is 0 Å². The molecule has 1 spiro atoms. The van der Waals surface area contributed by atoms with Crippen molar-refractivity contribution in [2.45, 2.75) is 62.2 Å². The van der Waals surface area contributed by atoms with Crippen LogP contribution in [0, 0.1) is 0 Å². The molecule has 6 heteroatoms. The molecule has 1 saturated carbocycles. The van der Waals surface area contributed by atoms with Gasteiger partial charge in [0.25, 0.3) is 0 Å². The topological polar surface area (TPSA) is 21.3 Å². The monoisotopic (exact) mass is 297 g/mol. The summed E-state index contributed by atoms with van der Waals surface area (Å²) in [6.07, 6.45) is 8.48. The van der Waals surface area contributed by atoms with Gasteiger partial charge in [-0.05, 0) is 37.4 Å². The van der Waals surface area contributed by atoms with Gasteiger partial charge in [0, 0.05) is 18.8 Å². The predicted molar refractivity (Wildman–Crippen MR) is 71.3 cm³/mol. The molecule has 1 heterocycles. The van der Waals surface area contributed by atoms with Gasteiger partial charge in [0.2, 0.25) is 0 Å². The van der Waals surface area contributed by atoms with E-state index in [0.717, 1.165) is 25.7 Å². The van der Waals surface area contributed by atoms with Crippen LogP contribution in [-0.4, -0.2) is 36.1 Å². The average molecular weight is 297 g/mol. The third-order valence-electron chi connectivity index (χ3n) is 4.02.